The van der Waals surface area contributed by atoms with E-state index in [0.717, 1.165) is 13.0 Å². The molecular weight excluding hydrogens is 314 g/mol. The molecule has 0 saturated heterocycles. The molecule has 0 aliphatic heterocycles. The molecule has 5 nitrogen and oxygen atoms in total. The van der Waals surface area contributed by atoms with Gasteiger partial charge in [-0.1, -0.05) is 77.6 Å². The summed E-state index contributed by atoms with van der Waals surface area (Å²) in [5, 5.41) is 0. The summed E-state index contributed by atoms with van der Waals surface area (Å²) < 4.78 is 6.79. The molecule has 0 radical (unpaired) electrons. The second kappa shape index (κ2) is 13.7. The van der Waals surface area contributed by atoms with Crippen LogP contribution in [0, 0.1) is 0 Å². The number of carbonyl (C=O) groups is 1. The fourth-order valence-electron chi connectivity index (χ4n) is 3.05. The summed E-state index contributed by atoms with van der Waals surface area (Å²) in [5.41, 5.74) is 6.21. The summed E-state index contributed by atoms with van der Waals surface area (Å²) in [5.74, 6) is -0.0185. The van der Waals surface area contributed by atoms with Crippen LogP contribution < -0.4 is 5.73 Å². The number of unbranched alkanes of at least 4 members (excludes halogenated alkanes) is 11. The number of rotatable bonds is 15. The largest absolute Gasteiger partial charge is 0.461 e. The van der Waals surface area contributed by atoms with E-state index in [9.17, 15) is 4.79 Å². The van der Waals surface area contributed by atoms with Gasteiger partial charge in [-0.3, -0.25) is 0 Å². The van der Waals surface area contributed by atoms with Crippen molar-refractivity contribution < 1.29 is 9.53 Å². The number of nitrogen functional groups attached to an aromatic ring is 1. The van der Waals surface area contributed by atoms with E-state index >= 15 is 0 Å². The molecule has 1 rings (SSSR count). The van der Waals surface area contributed by atoms with E-state index in [4.69, 9.17) is 10.5 Å². The van der Waals surface area contributed by atoms with Gasteiger partial charge in [-0.2, -0.15) is 0 Å². The molecule has 0 unspecified atom stereocenters. The first kappa shape index (κ1) is 21.5. The maximum absolute atomic E-state index is 11.7. The van der Waals surface area contributed by atoms with Crippen molar-refractivity contribution in [2.45, 2.75) is 97.4 Å². The predicted octanol–water partition coefficient (Wildman–Crippen LogP) is 5.34. The molecule has 0 spiro atoms. The average molecular weight is 352 g/mol. The summed E-state index contributed by atoms with van der Waals surface area (Å²) in [7, 11) is 0. The predicted molar refractivity (Wildman–Crippen MR) is 104 cm³/mol. The Morgan fingerprint density at radius 1 is 0.960 bits per heavy atom. The zero-order valence-electron chi connectivity index (χ0n) is 16.3. The molecule has 0 bridgehead atoms. The number of aromatic nitrogens is 2. The Labute approximate surface area is 153 Å². The Bertz CT molecular complexity index is 472. The van der Waals surface area contributed by atoms with Gasteiger partial charge in [0, 0.05) is 6.54 Å². The van der Waals surface area contributed by atoms with Crippen LogP contribution in [0.5, 0.6) is 0 Å². The molecule has 0 atom stereocenters. The monoisotopic (exact) mass is 351 g/mol. The minimum Gasteiger partial charge on any atom is -0.461 e. The van der Waals surface area contributed by atoms with Gasteiger partial charge in [0.15, 0.2) is 5.69 Å². The lowest BCUT2D eigenvalue weighted by atomic mass is 10.1. The van der Waals surface area contributed by atoms with Gasteiger partial charge in [-0.25, -0.2) is 9.78 Å². The van der Waals surface area contributed by atoms with Crippen LogP contribution in [0.1, 0.15) is 101 Å². The molecule has 1 aromatic rings. The molecule has 0 fully saturated rings. The molecule has 0 aromatic carbocycles. The third-order valence-corrected chi connectivity index (χ3v) is 4.60. The number of nitrogens with zero attached hydrogens (tertiary/aromatic N) is 2. The number of esters is 1. The zero-order chi connectivity index (χ0) is 18.3. The quantitative estimate of drug-likeness (QED) is 0.342. The Balaban J connectivity index is 2.02. The lowest BCUT2D eigenvalue weighted by molar-refractivity contribution is 0.0521. The number of nitrogens with two attached hydrogens (primary N) is 1. The van der Waals surface area contributed by atoms with Crippen LogP contribution in [-0.4, -0.2) is 22.1 Å². The maximum atomic E-state index is 11.7. The van der Waals surface area contributed by atoms with Gasteiger partial charge in [0.2, 0.25) is 0 Å². The molecule has 0 saturated carbocycles. The third-order valence-electron chi connectivity index (χ3n) is 4.60. The second-order valence-corrected chi connectivity index (χ2v) is 6.78. The SMILES string of the molecule is CCCCCCCCCCCCCCn1cnc(C(=O)OCC)c1N. The minimum absolute atomic E-state index is 0.237. The van der Waals surface area contributed by atoms with Crippen molar-refractivity contribution in [1.29, 1.82) is 0 Å². The molecule has 2 N–H and O–H groups in total. The normalized spacial score (nSPS) is 11.0. The lowest BCUT2D eigenvalue weighted by Crippen LogP contribution is -2.10. The van der Waals surface area contributed by atoms with E-state index in [0.29, 0.717) is 12.4 Å². The van der Waals surface area contributed by atoms with Crippen molar-refractivity contribution >= 4 is 11.8 Å². The van der Waals surface area contributed by atoms with Gasteiger partial charge in [-0.05, 0) is 13.3 Å². The first-order chi connectivity index (χ1) is 12.2. The standard InChI is InChI=1S/C20H37N3O2/c1-3-5-6-7-8-9-10-11-12-13-14-15-16-23-17-22-18(19(23)21)20(24)25-4-2/h17H,3-16,21H2,1-2H3. The summed E-state index contributed by atoms with van der Waals surface area (Å²) >= 11 is 0. The van der Waals surface area contributed by atoms with E-state index in [-0.39, 0.29) is 5.69 Å². The van der Waals surface area contributed by atoms with Crippen molar-refractivity contribution in [1.82, 2.24) is 9.55 Å². The molecular formula is C20H37N3O2. The van der Waals surface area contributed by atoms with Crippen LogP contribution in [-0.2, 0) is 11.3 Å². The van der Waals surface area contributed by atoms with Crippen LogP contribution in [0.2, 0.25) is 0 Å². The Morgan fingerprint density at radius 3 is 2.00 bits per heavy atom. The van der Waals surface area contributed by atoms with Crippen LogP contribution >= 0.6 is 0 Å². The molecule has 1 aromatic heterocycles. The zero-order valence-corrected chi connectivity index (χ0v) is 16.3. The van der Waals surface area contributed by atoms with Crippen molar-refractivity contribution in [2.75, 3.05) is 12.3 Å². The van der Waals surface area contributed by atoms with Gasteiger partial charge in [0.05, 0.1) is 12.9 Å². The molecule has 0 aliphatic rings. The van der Waals surface area contributed by atoms with E-state index < -0.39 is 5.97 Å². The number of hydrogen-bond acceptors (Lipinski definition) is 4. The average Bonchev–Trinajstić information content (AvgIpc) is 2.97. The minimum atomic E-state index is -0.437. The van der Waals surface area contributed by atoms with Gasteiger partial charge in [-0.15, -0.1) is 0 Å². The van der Waals surface area contributed by atoms with Gasteiger partial charge >= 0.3 is 5.97 Å². The topological polar surface area (TPSA) is 70.1 Å². The Morgan fingerprint density at radius 2 is 1.48 bits per heavy atom. The van der Waals surface area contributed by atoms with E-state index in [2.05, 4.69) is 11.9 Å². The number of carbonyl (C=O) groups excluding carboxylic acids is 1. The second-order valence-electron chi connectivity index (χ2n) is 6.78. The number of aryl methyl sites for hydroxylation is 1. The Hall–Kier alpha value is -1.52. The van der Waals surface area contributed by atoms with E-state index in [1.165, 1.54) is 70.6 Å². The molecule has 144 valence electrons. The van der Waals surface area contributed by atoms with Crippen molar-refractivity contribution in [3.8, 4) is 0 Å². The van der Waals surface area contributed by atoms with Crippen LogP contribution in [0.3, 0.4) is 0 Å². The van der Waals surface area contributed by atoms with Crippen molar-refractivity contribution in [3.63, 3.8) is 0 Å². The smallest absolute Gasteiger partial charge is 0.360 e. The lowest BCUT2D eigenvalue weighted by Gasteiger charge is -2.06. The highest BCUT2D eigenvalue weighted by Gasteiger charge is 2.16. The van der Waals surface area contributed by atoms with Gasteiger partial charge in [0.25, 0.3) is 0 Å². The molecule has 1 heterocycles. The third kappa shape index (κ3) is 8.94. The van der Waals surface area contributed by atoms with E-state index in [1.807, 2.05) is 4.57 Å². The number of ether oxygens (including phenoxy) is 1. The van der Waals surface area contributed by atoms with Crippen LogP contribution in [0.15, 0.2) is 6.33 Å². The fraction of sp³-hybridized carbons (Fsp3) is 0.800. The van der Waals surface area contributed by atoms with Crippen molar-refractivity contribution in [3.05, 3.63) is 12.0 Å². The van der Waals surface area contributed by atoms with Crippen molar-refractivity contribution in [2.24, 2.45) is 0 Å². The number of hydrogen-bond donors (Lipinski definition) is 1. The maximum Gasteiger partial charge on any atom is 0.360 e. The number of imidazole rings is 1. The summed E-state index contributed by atoms with van der Waals surface area (Å²) in [6.07, 6.45) is 17.6. The molecule has 0 aliphatic carbocycles. The highest BCUT2D eigenvalue weighted by molar-refractivity contribution is 5.92. The first-order valence-electron chi connectivity index (χ1n) is 10.2. The Kier molecular flexibility index (Phi) is 11.8. The molecule has 5 heteroatoms. The first-order valence-corrected chi connectivity index (χ1v) is 10.2. The van der Waals surface area contributed by atoms with Gasteiger partial charge < -0.3 is 15.0 Å². The molecule has 25 heavy (non-hydrogen) atoms. The van der Waals surface area contributed by atoms with Gasteiger partial charge in [0.1, 0.15) is 5.82 Å². The number of anilines is 1. The highest BCUT2D eigenvalue weighted by atomic mass is 16.5. The fourth-order valence-corrected chi connectivity index (χ4v) is 3.05. The van der Waals surface area contributed by atoms with Crippen LogP contribution in [0.4, 0.5) is 5.82 Å². The molecule has 0 amide bonds. The van der Waals surface area contributed by atoms with Crippen LogP contribution in [0.25, 0.3) is 0 Å². The summed E-state index contributed by atoms with van der Waals surface area (Å²) in [4.78, 5) is 15.7. The highest BCUT2D eigenvalue weighted by Crippen LogP contribution is 2.15. The summed E-state index contributed by atoms with van der Waals surface area (Å²) in [6, 6.07) is 0. The summed E-state index contributed by atoms with van der Waals surface area (Å²) in [6.45, 7) is 5.19. The van der Waals surface area contributed by atoms with E-state index in [1.54, 1.807) is 13.3 Å².